The number of rotatable bonds is 8. The third-order valence-corrected chi connectivity index (χ3v) is 6.65. The van der Waals surface area contributed by atoms with Crippen LogP contribution in [0, 0.1) is 17.8 Å². The minimum absolute atomic E-state index is 0.320. The van der Waals surface area contributed by atoms with E-state index in [0.717, 1.165) is 51.6 Å². The van der Waals surface area contributed by atoms with Gasteiger partial charge in [0.05, 0.1) is 18.8 Å². The fraction of sp³-hybridized carbons (Fsp3) is 0.750. The highest BCUT2D eigenvalue weighted by Gasteiger charge is 2.32. The molecule has 4 atom stereocenters. The van der Waals surface area contributed by atoms with E-state index in [1.54, 1.807) is 0 Å². The lowest BCUT2D eigenvalue weighted by atomic mass is 9.75. The Bertz CT molecular complexity index is 557. The molecule has 2 fully saturated rings. The molecule has 3 rings (SSSR count). The highest BCUT2D eigenvalue weighted by Crippen LogP contribution is 2.35. The predicted molar refractivity (Wildman–Crippen MR) is 115 cm³/mol. The van der Waals surface area contributed by atoms with Gasteiger partial charge in [0.15, 0.2) is 0 Å². The molecule has 0 aromatic heterocycles. The van der Waals surface area contributed by atoms with Crippen molar-refractivity contribution < 1.29 is 9.84 Å². The van der Waals surface area contributed by atoms with E-state index in [0.29, 0.717) is 24.5 Å². The van der Waals surface area contributed by atoms with Gasteiger partial charge in [-0.15, -0.1) is 0 Å². The van der Waals surface area contributed by atoms with Gasteiger partial charge in [-0.2, -0.15) is 0 Å². The summed E-state index contributed by atoms with van der Waals surface area (Å²) in [5.74, 6) is 2.05. The lowest BCUT2D eigenvalue weighted by molar-refractivity contribution is -0.0755. The van der Waals surface area contributed by atoms with E-state index in [1.807, 2.05) is 0 Å². The number of hydrogen-bond acceptors (Lipinski definition) is 4. The van der Waals surface area contributed by atoms with Gasteiger partial charge in [-0.3, -0.25) is 9.80 Å². The van der Waals surface area contributed by atoms with Crippen molar-refractivity contribution >= 4 is 0 Å². The maximum absolute atomic E-state index is 10.5. The molecule has 1 saturated heterocycles. The number of nitrogens with zero attached hydrogens (tertiary/aromatic N) is 2. The maximum atomic E-state index is 10.5. The van der Waals surface area contributed by atoms with E-state index >= 15 is 0 Å². The van der Waals surface area contributed by atoms with Crippen molar-refractivity contribution in [2.24, 2.45) is 17.8 Å². The van der Waals surface area contributed by atoms with Crippen LogP contribution in [0.15, 0.2) is 30.3 Å². The van der Waals surface area contributed by atoms with Crippen molar-refractivity contribution in [3.05, 3.63) is 35.9 Å². The first-order chi connectivity index (χ1) is 13.5. The lowest BCUT2D eigenvalue weighted by Crippen LogP contribution is -2.49. The average molecular weight is 389 g/mol. The normalized spacial score (nSPS) is 28.5. The highest BCUT2D eigenvalue weighted by atomic mass is 16.5. The van der Waals surface area contributed by atoms with Gasteiger partial charge >= 0.3 is 0 Å². The molecule has 1 aromatic carbocycles. The molecule has 1 aromatic rings. The van der Waals surface area contributed by atoms with Gasteiger partial charge in [0.2, 0.25) is 0 Å². The van der Waals surface area contributed by atoms with Crippen LogP contribution >= 0.6 is 0 Å². The Morgan fingerprint density at radius 3 is 2.39 bits per heavy atom. The molecule has 1 heterocycles. The number of β-amino-alcohol motifs (C(OH)–C–C–N with tert-alkyl or cyclic N) is 1. The molecular formula is C24H40N2O2. The molecule has 0 amide bonds. The summed E-state index contributed by atoms with van der Waals surface area (Å²) in [5.41, 5.74) is 1.38. The second kappa shape index (κ2) is 10.7. The number of hydrogen-bond donors (Lipinski definition) is 1. The van der Waals surface area contributed by atoms with E-state index in [1.165, 1.54) is 18.4 Å². The maximum Gasteiger partial charge on any atom is 0.0900 e. The second-order valence-electron chi connectivity index (χ2n) is 9.41. The Morgan fingerprint density at radius 2 is 1.71 bits per heavy atom. The summed E-state index contributed by atoms with van der Waals surface area (Å²) >= 11 is 0. The first kappa shape index (κ1) is 21.8. The molecule has 4 heteroatoms. The summed E-state index contributed by atoms with van der Waals surface area (Å²) in [6.07, 6.45) is 3.67. The van der Waals surface area contributed by atoms with Crippen LogP contribution in [0.5, 0.6) is 0 Å². The van der Waals surface area contributed by atoms with E-state index in [-0.39, 0.29) is 6.10 Å². The van der Waals surface area contributed by atoms with Crippen molar-refractivity contribution in [2.45, 2.75) is 58.8 Å². The molecule has 28 heavy (non-hydrogen) atoms. The molecular weight excluding hydrogens is 348 g/mol. The zero-order chi connectivity index (χ0) is 19.9. The Hall–Kier alpha value is -0.940. The van der Waals surface area contributed by atoms with Crippen LogP contribution in [0.4, 0.5) is 0 Å². The summed E-state index contributed by atoms with van der Waals surface area (Å²) < 4.78 is 6.24. The summed E-state index contributed by atoms with van der Waals surface area (Å²) in [6.45, 7) is 13.4. The first-order valence-electron chi connectivity index (χ1n) is 11.3. The fourth-order valence-electron chi connectivity index (χ4n) is 4.86. The smallest absolute Gasteiger partial charge is 0.0900 e. The molecule has 1 aliphatic heterocycles. The van der Waals surface area contributed by atoms with Gasteiger partial charge in [-0.1, -0.05) is 57.5 Å². The predicted octanol–water partition coefficient (Wildman–Crippen LogP) is 3.64. The van der Waals surface area contributed by atoms with Crippen LogP contribution in [-0.4, -0.2) is 66.4 Å². The van der Waals surface area contributed by atoms with Crippen molar-refractivity contribution in [2.75, 3.05) is 39.3 Å². The standard InChI is InChI=1S/C24H40N2O2/c1-19(2)23-10-9-20(3)15-24(23)28-18-22(27)17-26-13-11-25(12-14-26)16-21-7-5-4-6-8-21/h4-8,19-20,22-24,27H,9-18H2,1-3H3/t20-,22-,23+,24-/m1/s1. The largest absolute Gasteiger partial charge is 0.389 e. The van der Waals surface area contributed by atoms with Gasteiger partial charge in [0.1, 0.15) is 0 Å². The molecule has 0 radical (unpaired) electrons. The zero-order valence-corrected chi connectivity index (χ0v) is 18.1. The monoisotopic (exact) mass is 388 g/mol. The van der Waals surface area contributed by atoms with E-state index in [2.05, 4.69) is 60.9 Å². The minimum Gasteiger partial charge on any atom is -0.389 e. The quantitative estimate of drug-likeness (QED) is 0.738. The van der Waals surface area contributed by atoms with Crippen molar-refractivity contribution in [3.8, 4) is 0 Å². The Kier molecular flexibility index (Phi) is 8.34. The fourth-order valence-corrected chi connectivity index (χ4v) is 4.86. The average Bonchev–Trinajstić information content (AvgIpc) is 2.68. The molecule has 0 bridgehead atoms. The molecule has 0 spiro atoms. The van der Waals surface area contributed by atoms with Crippen LogP contribution in [0.1, 0.15) is 45.6 Å². The second-order valence-corrected chi connectivity index (χ2v) is 9.41. The van der Waals surface area contributed by atoms with Crippen molar-refractivity contribution in [1.29, 1.82) is 0 Å². The summed E-state index contributed by atoms with van der Waals surface area (Å²) in [6, 6.07) is 10.7. The molecule has 1 aliphatic carbocycles. The van der Waals surface area contributed by atoms with Crippen LogP contribution in [-0.2, 0) is 11.3 Å². The molecule has 1 saturated carbocycles. The highest BCUT2D eigenvalue weighted by molar-refractivity contribution is 5.14. The van der Waals surface area contributed by atoms with Crippen LogP contribution < -0.4 is 0 Å². The van der Waals surface area contributed by atoms with Gasteiger partial charge in [-0.25, -0.2) is 0 Å². The molecule has 2 aliphatic rings. The zero-order valence-electron chi connectivity index (χ0n) is 18.1. The van der Waals surface area contributed by atoms with E-state index in [4.69, 9.17) is 4.74 Å². The Morgan fingerprint density at radius 1 is 1.04 bits per heavy atom. The summed E-state index contributed by atoms with van der Waals surface area (Å²) in [7, 11) is 0. The number of ether oxygens (including phenoxy) is 1. The molecule has 0 unspecified atom stereocenters. The van der Waals surface area contributed by atoms with Gasteiger partial charge < -0.3 is 9.84 Å². The lowest BCUT2D eigenvalue weighted by Gasteiger charge is -2.38. The third kappa shape index (κ3) is 6.55. The van der Waals surface area contributed by atoms with Crippen molar-refractivity contribution in [1.82, 2.24) is 9.80 Å². The Balaban J connectivity index is 1.36. The van der Waals surface area contributed by atoms with Crippen LogP contribution in [0.2, 0.25) is 0 Å². The molecule has 4 nitrogen and oxygen atoms in total. The van der Waals surface area contributed by atoms with E-state index in [9.17, 15) is 5.11 Å². The minimum atomic E-state index is -0.384. The first-order valence-corrected chi connectivity index (χ1v) is 11.3. The van der Waals surface area contributed by atoms with Gasteiger partial charge in [0.25, 0.3) is 0 Å². The van der Waals surface area contributed by atoms with Gasteiger partial charge in [0, 0.05) is 39.3 Å². The SMILES string of the molecule is CC(C)[C@@H]1CC[C@@H](C)C[C@H]1OC[C@H](O)CN1CCN(Cc2ccccc2)CC1. The summed E-state index contributed by atoms with van der Waals surface area (Å²) in [4.78, 5) is 4.89. The third-order valence-electron chi connectivity index (χ3n) is 6.65. The number of aliphatic hydroxyl groups is 1. The van der Waals surface area contributed by atoms with Crippen LogP contribution in [0.25, 0.3) is 0 Å². The van der Waals surface area contributed by atoms with Gasteiger partial charge in [-0.05, 0) is 36.2 Å². The van der Waals surface area contributed by atoms with Crippen LogP contribution in [0.3, 0.4) is 0 Å². The Labute approximate surface area is 171 Å². The van der Waals surface area contributed by atoms with Crippen molar-refractivity contribution in [3.63, 3.8) is 0 Å². The number of aliphatic hydroxyl groups excluding tert-OH is 1. The number of benzene rings is 1. The molecule has 158 valence electrons. The summed E-state index contributed by atoms with van der Waals surface area (Å²) in [5, 5.41) is 10.5. The molecule has 1 N–H and O–H groups in total. The number of piperazine rings is 1. The van der Waals surface area contributed by atoms with E-state index < -0.39 is 0 Å². The topological polar surface area (TPSA) is 35.9 Å².